The van der Waals surface area contributed by atoms with Crippen molar-refractivity contribution in [3.63, 3.8) is 0 Å². The van der Waals surface area contributed by atoms with Crippen LogP contribution in [-0.4, -0.2) is 24.2 Å². The highest BCUT2D eigenvalue weighted by Gasteiger charge is 2.27. The van der Waals surface area contributed by atoms with Gasteiger partial charge in [-0.3, -0.25) is 4.79 Å². The van der Waals surface area contributed by atoms with Crippen LogP contribution >= 0.6 is 23.1 Å². The molecule has 138 valence electrons. The predicted molar refractivity (Wildman–Crippen MR) is 108 cm³/mol. The summed E-state index contributed by atoms with van der Waals surface area (Å²) in [6, 6.07) is 10.1. The third kappa shape index (κ3) is 4.30. The van der Waals surface area contributed by atoms with E-state index in [9.17, 15) is 9.59 Å². The lowest BCUT2D eigenvalue weighted by Crippen LogP contribution is -2.23. The van der Waals surface area contributed by atoms with Crippen LogP contribution < -0.4 is 5.32 Å². The van der Waals surface area contributed by atoms with Gasteiger partial charge in [-0.2, -0.15) is 0 Å². The van der Waals surface area contributed by atoms with Gasteiger partial charge in [-0.05, 0) is 43.7 Å². The van der Waals surface area contributed by atoms with Gasteiger partial charge in [0.15, 0.2) is 0 Å². The molecule has 0 fully saturated rings. The molecule has 1 aliphatic rings. The number of esters is 1. The monoisotopic (exact) mass is 389 g/mol. The van der Waals surface area contributed by atoms with Crippen LogP contribution in [0.5, 0.6) is 0 Å². The average Bonchev–Trinajstić information content (AvgIpc) is 3.04. The van der Waals surface area contributed by atoms with Crippen molar-refractivity contribution in [3.05, 3.63) is 51.9 Å². The highest BCUT2D eigenvalue weighted by molar-refractivity contribution is 7.99. The molecule has 6 heteroatoms. The van der Waals surface area contributed by atoms with Gasteiger partial charge < -0.3 is 10.1 Å². The first-order valence-electron chi connectivity index (χ1n) is 8.79. The fourth-order valence-electron chi connectivity index (χ4n) is 3.06. The fourth-order valence-corrected chi connectivity index (χ4v) is 5.18. The summed E-state index contributed by atoms with van der Waals surface area (Å²) >= 11 is 3.11. The van der Waals surface area contributed by atoms with Gasteiger partial charge in [0.05, 0.1) is 17.9 Å². The Morgan fingerprint density at radius 2 is 1.96 bits per heavy atom. The van der Waals surface area contributed by atoms with Crippen molar-refractivity contribution in [1.82, 2.24) is 0 Å². The number of methoxy groups -OCH3 is 1. The lowest BCUT2D eigenvalue weighted by molar-refractivity contribution is -0.115. The average molecular weight is 390 g/mol. The third-order valence-electron chi connectivity index (χ3n) is 4.51. The molecule has 4 nitrogen and oxygen atoms in total. The molecule has 26 heavy (non-hydrogen) atoms. The Labute approximate surface area is 162 Å². The van der Waals surface area contributed by atoms with Gasteiger partial charge in [-0.25, -0.2) is 4.79 Å². The van der Waals surface area contributed by atoms with Crippen LogP contribution in [0.4, 0.5) is 5.00 Å². The quantitative estimate of drug-likeness (QED) is 0.729. The number of aryl methyl sites for hydroxylation is 1. The highest BCUT2D eigenvalue weighted by atomic mass is 32.2. The van der Waals surface area contributed by atoms with Crippen LogP contribution in [-0.2, 0) is 28.1 Å². The Bertz CT molecular complexity index is 786. The van der Waals surface area contributed by atoms with E-state index in [1.54, 1.807) is 11.8 Å². The molecule has 0 unspecified atom stereocenters. The summed E-state index contributed by atoms with van der Waals surface area (Å²) in [4.78, 5) is 26.1. The van der Waals surface area contributed by atoms with E-state index in [0.29, 0.717) is 10.6 Å². The summed E-state index contributed by atoms with van der Waals surface area (Å²) in [5.41, 5.74) is 2.81. The molecule has 1 atom stereocenters. The second-order valence-electron chi connectivity index (χ2n) is 6.33. The Balaban J connectivity index is 1.70. The number of nitrogens with one attached hydrogen (secondary N) is 1. The van der Waals surface area contributed by atoms with Crippen molar-refractivity contribution in [2.24, 2.45) is 0 Å². The molecule has 3 rings (SSSR count). The highest BCUT2D eigenvalue weighted by Crippen LogP contribution is 2.38. The maximum absolute atomic E-state index is 12.6. The molecule has 0 saturated carbocycles. The second kappa shape index (κ2) is 8.73. The molecule has 1 aromatic heterocycles. The van der Waals surface area contributed by atoms with E-state index in [4.69, 9.17) is 4.74 Å². The number of carbonyl (C=O) groups excluding carboxylic acids is 2. The molecule has 0 radical (unpaired) electrons. The van der Waals surface area contributed by atoms with Crippen molar-refractivity contribution in [1.29, 1.82) is 0 Å². The Morgan fingerprint density at radius 1 is 1.23 bits per heavy atom. The third-order valence-corrected chi connectivity index (χ3v) is 6.93. The van der Waals surface area contributed by atoms with Gasteiger partial charge in [0.1, 0.15) is 5.00 Å². The first kappa shape index (κ1) is 19.0. The second-order valence-corrected chi connectivity index (χ2v) is 8.77. The first-order chi connectivity index (χ1) is 12.6. The summed E-state index contributed by atoms with van der Waals surface area (Å²) in [6.07, 6.45) is 4.05. The number of anilines is 1. The Kier molecular flexibility index (Phi) is 6.38. The smallest absolute Gasteiger partial charge is 0.341 e. The number of benzene rings is 1. The van der Waals surface area contributed by atoms with E-state index in [1.807, 2.05) is 25.1 Å². The molecule has 2 aromatic rings. The minimum absolute atomic E-state index is 0.0744. The van der Waals surface area contributed by atoms with Crippen LogP contribution in [0.3, 0.4) is 0 Å². The van der Waals surface area contributed by atoms with E-state index in [-0.39, 0.29) is 17.1 Å². The van der Waals surface area contributed by atoms with E-state index < -0.39 is 0 Å². The van der Waals surface area contributed by atoms with Crippen molar-refractivity contribution in [3.8, 4) is 0 Å². The number of fused-ring (bicyclic) bond motifs is 1. The predicted octanol–water partition coefficient (Wildman–Crippen LogP) is 4.67. The number of ether oxygens (including phenoxy) is 1. The number of thioether (sulfide) groups is 1. The Hall–Kier alpha value is -1.79. The van der Waals surface area contributed by atoms with Crippen LogP contribution in [0.2, 0.25) is 0 Å². The van der Waals surface area contributed by atoms with E-state index >= 15 is 0 Å². The summed E-state index contributed by atoms with van der Waals surface area (Å²) in [5.74, 6) is 0.346. The van der Waals surface area contributed by atoms with Crippen molar-refractivity contribution < 1.29 is 14.3 Å². The van der Waals surface area contributed by atoms with Crippen molar-refractivity contribution >= 4 is 40.0 Å². The Morgan fingerprint density at radius 3 is 2.69 bits per heavy atom. The standard InChI is InChI=1S/C20H23NO3S2/c1-13(25-12-14-8-4-3-5-9-14)18(22)21-19-17(20(23)24-2)15-10-6-7-11-16(15)26-19/h3-5,8-9,13H,6-7,10-12H2,1-2H3,(H,21,22)/t13-/m0/s1. The maximum Gasteiger partial charge on any atom is 0.341 e. The molecule has 0 saturated heterocycles. The van der Waals surface area contributed by atoms with Crippen LogP contribution in [0.15, 0.2) is 30.3 Å². The van der Waals surface area contributed by atoms with Gasteiger partial charge in [0.2, 0.25) is 5.91 Å². The minimum atomic E-state index is -0.357. The summed E-state index contributed by atoms with van der Waals surface area (Å²) in [7, 11) is 1.39. The zero-order valence-corrected chi connectivity index (χ0v) is 16.7. The topological polar surface area (TPSA) is 55.4 Å². The maximum atomic E-state index is 12.6. The number of carbonyl (C=O) groups is 2. The summed E-state index contributed by atoms with van der Waals surface area (Å²) in [6.45, 7) is 1.90. The molecule has 1 aromatic carbocycles. The molecular formula is C20H23NO3S2. The zero-order chi connectivity index (χ0) is 18.5. The summed E-state index contributed by atoms with van der Waals surface area (Å²) in [5, 5.41) is 3.41. The molecule has 1 N–H and O–H groups in total. The number of hydrogen-bond acceptors (Lipinski definition) is 5. The molecule has 1 heterocycles. The minimum Gasteiger partial charge on any atom is -0.465 e. The molecule has 1 aliphatic carbocycles. The zero-order valence-electron chi connectivity index (χ0n) is 15.0. The van der Waals surface area contributed by atoms with Gasteiger partial charge in [-0.15, -0.1) is 23.1 Å². The largest absolute Gasteiger partial charge is 0.465 e. The van der Waals surface area contributed by atoms with Gasteiger partial charge in [0, 0.05) is 10.6 Å². The lowest BCUT2D eigenvalue weighted by atomic mass is 9.95. The van der Waals surface area contributed by atoms with Crippen molar-refractivity contribution in [2.45, 2.75) is 43.6 Å². The van der Waals surface area contributed by atoms with Gasteiger partial charge >= 0.3 is 5.97 Å². The van der Waals surface area contributed by atoms with Crippen LogP contribution in [0.1, 0.15) is 46.1 Å². The van der Waals surface area contributed by atoms with E-state index in [2.05, 4.69) is 17.4 Å². The molecule has 0 bridgehead atoms. The number of rotatable bonds is 6. The molecular weight excluding hydrogens is 366 g/mol. The van der Waals surface area contributed by atoms with Crippen LogP contribution in [0, 0.1) is 0 Å². The first-order valence-corrected chi connectivity index (χ1v) is 10.7. The van der Waals surface area contributed by atoms with E-state index in [1.165, 1.54) is 28.9 Å². The SMILES string of the molecule is COC(=O)c1c(NC(=O)[C@H](C)SCc2ccccc2)sc2c1CCCC2. The van der Waals surface area contributed by atoms with Crippen molar-refractivity contribution in [2.75, 3.05) is 12.4 Å². The normalized spacial score (nSPS) is 14.4. The fraction of sp³-hybridized carbons (Fsp3) is 0.400. The molecule has 0 spiro atoms. The van der Waals surface area contributed by atoms with Gasteiger partial charge in [0.25, 0.3) is 0 Å². The lowest BCUT2D eigenvalue weighted by Gasteiger charge is -2.13. The number of amides is 1. The number of thiophene rings is 1. The van der Waals surface area contributed by atoms with Crippen LogP contribution in [0.25, 0.3) is 0 Å². The molecule has 1 amide bonds. The van der Waals surface area contributed by atoms with E-state index in [0.717, 1.165) is 37.0 Å². The molecule has 0 aliphatic heterocycles. The summed E-state index contributed by atoms with van der Waals surface area (Å²) < 4.78 is 4.96. The van der Waals surface area contributed by atoms with Gasteiger partial charge in [-0.1, -0.05) is 30.3 Å². The number of hydrogen-bond donors (Lipinski definition) is 1.